The van der Waals surface area contributed by atoms with E-state index in [2.05, 4.69) is 21.2 Å². The molecule has 0 saturated heterocycles. The van der Waals surface area contributed by atoms with Gasteiger partial charge in [-0.05, 0) is 46.3 Å². The zero-order chi connectivity index (χ0) is 13.8. The van der Waals surface area contributed by atoms with Crippen LogP contribution in [0.2, 0.25) is 0 Å². The van der Waals surface area contributed by atoms with E-state index in [0.717, 1.165) is 27.2 Å². The van der Waals surface area contributed by atoms with E-state index in [0.29, 0.717) is 4.99 Å². The first kappa shape index (κ1) is 13.8. The van der Waals surface area contributed by atoms with E-state index in [1.54, 1.807) is 7.11 Å². The highest BCUT2D eigenvalue weighted by Gasteiger charge is 2.06. The highest BCUT2D eigenvalue weighted by molar-refractivity contribution is 9.10. The van der Waals surface area contributed by atoms with Crippen LogP contribution in [0.15, 0.2) is 46.9 Å². The minimum absolute atomic E-state index is 0.379. The summed E-state index contributed by atoms with van der Waals surface area (Å²) >= 11 is 8.45. The van der Waals surface area contributed by atoms with E-state index in [9.17, 15) is 0 Å². The maximum atomic E-state index is 5.60. The fourth-order valence-electron chi connectivity index (χ4n) is 1.66. The van der Waals surface area contributed by atoms with Gasteiger partial charge < -0.3 is 15.8 Å². The van der Waals surface area contributed by atoms with Crippen LogP contribution < -0.4 is 15.8 Å². The second-order valence-electron chi connectivity index (χ2n) is 3.88. The van der Waals surface area contributed by atoms with Gasteiger partial charge in [0.15, 0.2) is 0 Å². The summed E-state index contributed by atoms with van der Waals surface area (Å²) in [5.74, 6) is 0.785. The van der Waals surface area contributed by atoms with Crippen LogP contribution in [0, 0.1) is 0 Å². The van der Waals surface area contributed by atoms with Crippen LogP contribution >= 0.6 is 28.1 Å². The van der Waals surface area contributed by atoms with Crippen LogP contribution in [0.4, 0.5) is 11.4 Å². The molecule has 2 rings (SSSR count). The zero-order valence-electron chi connectivity index (χ0n) is 10.3. The third-order valence-electron chi connectivity index (χ3n) is 2.63. The Kier molecular flexibility index (Phi) is 4.39. The van der Waals surface area contributed by atoms with Gasteiger partial charge in [-0.15, -0.1) is 0 Å². The van der Waals surface area contributed by atoms with E-state index in [1.807, 2.05) is 42.5 Å². The van der Waals surface area contributed by atoms with Crippen LogP contribution in [0.25, 0.3) is 0 Å². The summed E-state index contributed by atoms with van der Waals surface area (Å²) in [6.07, 6.45) is 0. The van der Waals surface area contributed by atoms with Crippen molar-refractivity contribution in [1.82, 2.24) is 0 Å². The smallest absolute Gasteiger partial charge is 0.142 e. The average molecular weight is 337 g/mol. The summed E-state index contributed by atoms with van der Waals surface area (Å²) in [4.78, 5) is 0.379. The third kappa shape index (κ3) is 3.24. The quantitative estimate of drug-likeness (QED) is 0.833. The fourth-order valence-corrected chi connectivity index (χ4v) is 2.27. The van der Waals surface area contributed by atoms with Gasteiger partial charge in [-0.25, -0.2) is 0 Å². The van der Waals surface area contributed by atoms with E-state index in [4.69, 9.17) is 22.7 Å². The number of nitrogens with one attached hydrogen (secondary N) is 1. The van der Waals surface area contributed by atoms with Gasteiger partial charge in [-0.2, -0.15) is 0 Å². The second-order valence-corrected chi connectivity index (χ2v) is 5.18. The maximum Gasteiger partial charge on any atom is 0.142 e. The van der Waals surface area contributed by atoms with Gasteiger partial charge >= 0.3 is 0 Å². The van der Waals surface area contributed by atoms with E-state index >= 15 is 0 Å². The Morgan fingerprint density at radius 3 is 2.58 bits per heavy atom. The molecule has 0 fully saturated rings. The Balaban J connectivity index is 2.31. The minimum atomic E-state index is 0.379. The van der Waals surface area contributed by atoms with Crippen molar-refractivity contribution >= 4 is 44.5 Å². The molecule has 0 unspecified atom stereocenters. The number of hydrogen-bond donors (Lipinski definition) is 2. The Bertz CT molecular complexity index is 616. The lowest BCUT2D eigenvalue weighted by Crippen LogP contribution is -2.09. The molecule has 5 heteroatoms. The molecule has 0 atom stereocenters. The Morgan fingerprint density at radius 1 is 1.21 bits per heavy atom. The van der Waals surface area contributed by atoms with Gasteiger partial charge in [0.05, 0.1) is 18.5 Å². The first-order valence-electron chi connectivity index (χ1n) is 5.61. The molecule has 3 N–H and O–H groups in total. The number of ether oxygens (including phenoxy) is 1. The van der Waals surface area contributed by atoms with Gasteiger partial charge in [0.1, 0.15) is 10.7 Å². The van der Waals surface area contributed by atoms with Crippen molar-refractivity contribution in [3.8, 4) is 5.75 Å². The lowest BCUT2D eigenvalue weighted by molar-refractivity contribution is 0.417. The Morgan fingerprint density at radius 2 is 1.95 bits per heavy atom. The molecular formula is C14H13BrN2OS. The van der Waals surface area contributed by atoms with Crippen molar-refractivity contribution in [3.63, 3.8) is 0 Å². The van der Waals surface area contributed by atoms with Gasteiger partial charge in [0.2, 0.25) is 0 Å². The first-order valence-corrected chi connectivity index (χ1v) is 6.81. The molecule has 0 aliphatic heterocycles. The molecule has 19 heavy (non-hydrogen) atoms. The molecule has 2 aromatic carbocycles. The maximum absolute atomic E-state index is 5.60. The molecule has 0 amide bonds. The normalized spacial score (nSPS) is 10.0. The lowest BCUT2D eigenvalue weighted by atomic mass is 10.2. The molecule has 0 radical (unpaired) electrons. The average Bonchev–Trinajstić information content (AvgIpc) is 2.41. The molecule has 0 heterocycles. The summed E-state index contributed by atoms with van der Waals surface area (Å²) in [6.45, 7) is 0. The van der Waals surface area contributed by atoms with E-state index in [-0.39, 0.29) is 0 Å². The van der Waals surface area contributed by atoms with Crippen LogP contribution in [0.3, 0.4) is 0 Å². The predicted molar refractivity (Wildman–Crippen MR) is 86.3 cm³/mol. The van der Waals surface area contributed by atoms with E-state index < -0.39 is 0 Å². The number of anilines is 2. The fraction of sp³-hybridized carbons (Fsp3) is 0.0714. The van der Waals surface area contributed by atoms with Crippen molar-refractivity contribution in [3.05, 3.63) is 52.5 Å². The molecule has 0 spiro atoms. The SMILES string of the molecule is COc1ccccc1Nc1ccc(C(N)=S)cc1Br. The number of benzene rings is 2. The largest absolute Gasteiger partial charge is 0.495 e. The van der Waals surface area contributed by atoms with Crippen LogP contribution in [0.5, 0.6) is 5.75 Å². The summed E-state index contributed by atoms with van der Waals surface area (Å²) < 4.78 is 6.19. The standard InChI is InChI=1S/C14H13BrN2OS/c1-18-13-5-3-2-4-12(13)17-11-7-6-9(14(16)19)8-10(11)15/h2-8,17H,1H3,(H2,16,19). The van der Waals surface area contributed by atoms with Crippen molar-refractivity contribution in [2.75, 3.05) is 12.4 Å². The molecule has 0 aliphatic carbocycles. The van der Waals surface area contributed by atoms with Gasteiger partial charge in [0.25, 0.3) is 0 Å². The highest BCUT2D eigenvalue weighted by Crippen LogP contribution is 2.31. The molecule has 98 valence electrons. The second kappa shape index (κ2) is 6.04. The van der Waals surface area contributed by atoms with Gasteiger partial charge in [-0.1, -0.05) is 24.4 Å². The molecule has 0 aromatic heterocycles. The molecule has 0 aliphatic rings. The summed E-state index contributed by atoms with van der Waals surface area (Å²) in [5, 5.41) is 3.30. The predicted octanol–water partition coefficient (Wildman–Crippen LogP) is 3.84. The van der Waals surface area contributed by atoms with Crippen molar-refractivity contribution in [1.29, 1.82) is 0 Å². The summed E-state index contributed by atoms with van der Waals surface area (Å²) in [7, 11) is 1.64. The number of rotatable bonds is 4. The van der Waals surface area contributed by atoms with Crippen LogP contribution in [-0.2, 0) is 0 Å². The molecule has 3 nitrogen and oxygen atoms in total. The molecule has 0 bridgehead atoms. The number of halogens is 1. The Hall–Kier alpha value is -1.59. The van der Waals surface area contributed by atoms with Crippen LogP contribution in [0.1, 0.15) is 5.56 Å². The topological polar surface area (TPSA) is 47.3 Å². The number of nitrogens with two attached hydrogens (primary N) is 1. The van der Waals surface area contributed by atoms with Gasteiger partial charge in [-0.3, -0.25) is 0 Å². The van der Waals surface area contributed by atoms with E-state index in [1.165, 1.54) is 0 Å². The number of thiocarbonyl (C=S) groups is 1. The molecule has 2 aromatic rings. The van der Waals surface area contributed by atoms with Crippen LogP contribution in [-0.4, -0.2) is 12.1 Å². The molecular weight excluding hydrogens is 324 g/mol. The number of methoxy groups -OCH3 is 1. The number of para-hydroxylation sites is 2. The highest BCUT2D eigenvalue weighted by atomic mass is 79.9. The first-order chi connectivity index (χ1) is 9.11. The van der Waals surface area contributed by atoms with Crippen molar-refractivity contribution < 1.29 is 4.74 Å². The summed E-state index contributed by atoms with van der Waals surface area (Å²) in [5.41, 5.74) is 8.25. The van der Waals surface area contributed by atoms with Crippen molar-refractivity contribution in [2.24, 2.45) is 5.73 Å². The monoisotopic (exact) mass is 336 g/mol. The minimum Gasteiger partial charge on any atom is -0.495 e. The molecule has 0 saturated carbocycles. The zero-order valence-corrected chi connectivity index (χ0v) is 12.7. The van der Waals surface area contributed by atoms with Gasteiger partial charge in [0, 0.05) is 10.0 Å². The van der Waals surface area contributed by atoms with Crippen molar-refractivity contribution in [2.45, 2.75) is 0 Å². The summed E-state index contributed by atoms with van der Waals surface area (Å²) in [6, 6.07) is 13.4. The lowest BCUT2D eigenvalue weighted by Gasteiger charge is -2.13. The number of hydrogen-bond acceptors (Lipinski definition) is 3. The third-order valence-corrected chi connectivity index (χ3v) is 3.52. The Labute approximate surface area is 125 Å².